The largest absolute Gasteiger partial charge is 0.287 e. The molecule has 0 aromatic heterocycles. The van der Waals surface area contributed by atoms with Gasteiger partial charge in [-0.3, -0.25) is 5.41 Å². The second-order valence-electron chi connectivity index (χ2n) is 3.40. The van der Waals surface area contributed by atoms with Gasteiger partial charge in [-0.05, 0) is 25.3 Å². The summed E-state index contributed by atoms with van der Waals surface area (Å²) in [5, 5.41) is 7.02. The van der Waals surface area contributed by atoms with E-state index in [-0.39, 0.29) is 5.84 Å². The number of alkyl halides is 1. The normalized spacial score (nSPS) is 12.9. The van der Waals surface area contributed by atoms with Crippen LogP contribution in [0.5, 0.6) is 0 Å². The highest BCUT2D eigenvalue weighted by Crippen LogP contribution is 2.06. The van der Waals surface area contributed by atoms with Gasteiger partial charge in [0.15, 0.2) is 0 Å². The molecular formula is C12H15FN2. The van der Waals surface area contributed by atoms with E-state index >= 15 is 0 Å². The zero-order valence-electron chi connectivity index (χ0n) is 8.78. The molecule has 80 valence electrons. The molecule has 0 spiro atoms. The van der Waals surface area contributed by atoms with Crippen molar-refractivity contribution in [2.45, 2.75) is 25.9 Å². The number of hydrogen-bond donors (Lipinski definition) is 1. The third-order valence-corrected chi connectivity index (χ3v) is 1.98. The molecule has 0 saturated heterocycles. The predicted octanol–water partition coefficient (Wildman–Crippen LogP) is 3.03. The number of nitrogens with one attached hydrogen (secondary N) is 1. The van der Waals surface area contributed by atoms with Crippen molar-refractivity contribution < 1.29 is 4.39 Å². The Kier molecular flexibility index (Phi) is 4.68. The van der Waals surface area contributed by atoms with Crippen LogP contribution in [-0.4, -0.2) is 18.2 Å². The van der Waals surface area contributed by atoms with Crippen molar-refractivity contribution in [3.8, 4) is 0 Å². The maximum absolute atomic E-state index is 13.2. The van der Waals surface area contributed by atoms with Crippen molar-refractivity contribution in [1.29, 1.82) is 5.41 Å². The Bertz CT molecular complexity index is 333. The second-order valence-corrected chi connectivity index (χ2v) is 3.40. The molecule has 1 N–H and O–H groups in total. The van der Waals surface area contributed by atoms with Crippen LogP contribution in [0.15, 0.2) is 35.3 Å². The first-order valence-electron chi connectivity index (χ1n) is 4.96. The third-order valence-electron chi connectivity index (χ3n) is 1.98. The fraction of sp³-hybridized carbons (Fsp3) is 0.333. The van der Waals surface area contributed by atoms with E-state index < -0.39 is 6.17 Å². The van der Waals surface area contributed by atoms with Gasteiger partial charge in [0.25, 0.3) is 0 Å². The van der Waals surface area contributed by atoms with E-state index in [2.05, 4.69) is 4.99 Å². The zero-order valence-corrected chi connectivity index (χ0v) is 8.78. The Hall–Kier alpha value is -1.51. The quantitative estimate of drug-likeness (QED) is 0.580. The minimum absolute atomic E-state index is 0.136. The monoisotopic (exact) mass is 206 g/mol. The van der Waals surface area contributed by atoms with E-state index in [1.807, 2.05) is 30.3 Å². The number of aliphatic imine (C=N–C) groups is 1. The molecule has 0 aliphatic rings. The summed E-state index contributed by atoms with van der Waals surface area (Å²) in [4.78, 5) is 3.62. The average molecular weight is 206 g/mol. The molecule has 0 heterocycles. The standard InChI is InChI=1S/C12H15FN2/c1-10(14)15-9-12(13)8-7-11-5-3-2-4-6-11/h2-6,9,12,14H,7-8H2,1H3/b14-10?,15-9+/t12-/m1/s1. The van der Waals surface area contributed by atoms with Crippen LogP contribution in [0.3, 0.4) is 0 Å². The van der Waals surface area contributed by atoms with Gasteiger partial charge in [0.05, 0.1) is 0 Å². The van der Waals surface area contributed by atoms with Crippen molar-refractivity contribution in [3.63, 3.8) is 0 Å². The molecule has 1 aromatic rings. The van der Waals surface area contributed by atoms with E-state index in [1.165, 1.54) is 13.1 Å². The lowest BCUT2D eigenvalue weighted by Gasteiger charge is -2.02. The lowest BCUT2D eigenvalue weighted by atomic mass is 10.1. The first-order chi connectivity index (χ1) is 7.18. The minimum Gasteiger partial charge on any atom is -0.287 e. The maximum atomic E-state index is 13.2. The first kappa shape index (κ1) is 11.6. The maximum Gasteiger partial charge on any atom is 0.136 e. The van der Waals surface area contributed by atoms with E-state index in [0.29, 0.717) is 12.8 Å². The molecule has 1 atom stereocenters. The summed E-state index contributed by atoms with van der Waals surface area (Å²) in [6.45, 7) is 1.53. The summed E-state index contributed by atoms with van der Waals surface area (Å²) >= 11 is 0. The molecule has 0 unspecified atom stereocenters. The highest BCUT2D eigenvalue weighted by atomic mass is 19.1. The zero-order chi connectivity index (χ0) is 11.1. The topological polar surface area (TPSA) is 36.2 Å². The van der Waals surface area contributed by atoms with Gasteiger partial charge in [-0.1, -0.05) is 30.3 Å². The van der Waals surface area contributed by atoms with Crippen LogP contribution >= 0.6 is 0 Å². The fourth-order valence-electron chi connectivity index (χ4n) is 1.22. The average Bonchev–Trinajstić information content (AvgIpc) is 2.25. The highest BCUT2D eigenvalue weighted by molar-refractivity contribution is 5.86. The van der Waals surface area contributed by atoms with Gasteiger partial charge in [-0.2, -0.15) is 0 Å². The van der Waals surface area contributed by atoms with Crippen LogP contribution in [0, 0.1) is 5.41 Å². The van der Waals surface area contributed by atoms with Crippen LogP contribution in [0.25, 0.3) is 0 Å². The van der Waals surface area contributed by atoms with Gasteiger partial charge < -0.3 is 0 Å². The third kappa shape index (κ3) is 5.05. The molecular weight excluding hydrogens is 191 g/mol. The molecule has 0 fully saturated rings. The number of amidine groups is 1. The Morgan fingerprint density at radius 1 is 1.47 bits per heavy atom. The van der Waals surface area contributed by atoms with E-state index in [0.717, 1.165) is 5.56 Å². The minimum atomic E-state index is -1.06. The van der Waals surface area contributed by atoms with E-state index in [4.69, 9.17) is 5.41 Å². The summed E-state index contributed by atoms with van der Waals surface area (Å²) in [6, 6.07) is 9.78. The van der Waals surface area contributed by atoms with Gasteiger partial charge in [-0.25, -0.2) is 9.38 Å². The summed E-state index contributed by atoms with van der Waals surface area (Å²) in [6.07, 6.45) is 1.25. The predicted molar refractivity (Wildman–Crippen MR) is 61.6 cm³/mol. The van der Waals surface area contributed by atoms with Crippen LogP contribution in [0.2, 0.25) is 0 Å². The summed E-state index contributed by atoms with van der Waals surface area (Å²) in [5.74, 6) is 0.136. The molecule has 0 bridgehead atoms. The molecule has 15 heavy (non-hydrogen) atoms. The molecule has 0 saturated carbocycles. The smallest absolute Gasteiger partial charge is 0.136 e. The number of halogens is 1. The van der Waals surface area contributed by atoms with Crippen LogP contribution in [0.1, 0.15) is 18.9 Å². The fourth-order valence-corrected chi connectivity index (χ4v) is 1.22. The van der Waals surface area contributed by atoms with Gasteiger partial charge in [0.1, 0.15) is 12.0 Å². The number of benzene rings is 1. The molecule has 0 aliphatic carbocycles. The van der Waals surface area contributed by atoms with Crippen molar-refractivity contribution >= 4 is 12.1 Å². The van der Waals surface area contributed by atoms with Crippen LogP contribution in [-0.2, 0) is 6.42 Å². The van der Waals surface area contributed by atoms with Gasteiger partial charge in [-0.15, -0.1) is 0 Å². The number of nitrogens with zero attached hydrogens (tertiary/aromatic N) is 1. The summed E-state index contributed by atoms with van der Waals surface area (Å²) in [5.41, 5.74) is 1.13. The lowest BCUT2D eigenvalue weighted by molar-refractivity contribution is 0.408. The molecule has 0 radical (unpaired) electrons. The van der Waals surface area contributed by atoms with Gasteiger partial charge in [0.2, 0.25) is 0 Å². The van der Waals surface area contributed by atoms with Crippen molar-refractivity contribution in [1.82, 2.24) is 0 Å². The van der Waals surface area contributed by atoms with Crippen LogP contribution in [0.4, 0.5) is 4.39 Å². The van der Waals surface area contributed by atoms with Crippen molar-refractivity contribution in [3.05, 3.63) is 35.9 Å². The van der Waals surface area contributed by atoms with Crippen molar-refractivity contribution in [2.24, 2.45) is 4.99 Å². The molecule has 0 amide bonds. The van der Waals surface area contributed by atoms with Crippen molar-refractivity contribution in [2.75, 3.05) is 0 Å². The van der Waals surface area contributed by atoms with Gasteiger partial charge in [0, 0.05) is 6.21 Å². The summed E-state index contributed by atoms with van der Waals surface area (Å²) < 4.78 is 13.2. The Morgan fingerprint density at radius 3 is 2.73 bits per heavy atom. The number of hydrogen-bond acceptors (Lipinski definition) is 1. The summed E-state index contributed by atoms with van der Waals surface area (Å²) in [7, 11) is 0. The highest BCUT2D eigenvalue weighted by Gasteiger charge is 2.02. The Labute approximate surface area is 89.4 Å². The SMILES string of the molecule is CC(=N)/N=C/[C@H](F)CCc1ccccc1. The van der Waals surface area contributed by atoms with Gasteiger partial charge >= 0.3 is 0 Å². The van der Waals surface area contributed by atoms with E-state index in [9.17, 15) is 4.39 Å². The van der Waals surface area contributed by atoms with Crippen LogP contribution < -0.4 is 0 Å². The Morgan fingerprint density at radius 2 is 2.13 bits per heavy atom. The molecule has 0 aliphatic heterocycles. The Balaban J connectivity index is 2.34. The molecule has 1 aromatic carbocycles. The lowest BCUT2D eigenvalue weighted by Crippen LogP contribution is -2.04. The number of aryl methyl sites for hydroxylation is 1. The molecule has 3 heteroatoms. The second kappa shape index (κ2) is 6.06. The molecule has 1 rings (SSSR count). The first-order valence-corrected chi connectivity index (χ1v) is 4.96. The molecule has 2 nitrogen and oxygen atoms in total. The number of rotatable bonds is 4. The van der Waals surface area contributed by atoms with E-state index in [1.54, 1.807) is 0 Å².